The molecule has 0 saturated carbocycles. The average molecular weight is 276 g/mol. The second-order valence-electron chi connectivity index (χ2n) is 6.33. The van der Waals surface area contributed by atoms with E-state index in [1.54, 1.807) is 4.90 Å². The molecule has 0 unspecified atom stereocenters. The van der Waals surface area contributed by atoms with Crippen LogP contribution in [-0.2, 0) is 4.74 Å². The molecule has 0 aromatic heterocycles. The Kier molecular flexibility index (Phi) is 4.33. The number of hydrogen-bond donors (Lipinski definition) is 1. The Bertz CT molecular complexity index is 453. The minimum Gasteiger partial charge on any atom is -0.444 e. The number of nitrogens with one attached hydrogen (secondary N) is 1. The van der Waals surface area contributed by atoms with Gasteiger partial charge < -0.3 is 15.0 Å². The molecular formula is C16H24N2O2. The van der Waals surface area contributed by atoms with Crippen LogP contribution in [0.4, 0.5) is 4.79 Å². The monoisotopic (exact) mass is 276 g/mol. The van der Waals surface area contributed by atoms with Crippen molar-refractivity contribution in [3.8, 4) is 0 Å². The highest BCUT2D eigenvalue weighted by molar-refractivity contribution is 5.68. The zero-order chi connectivity index (χ0) is 14.8. The lowest BCUT2D eigenvalue weighted by Gasteiger charge is -2.31. The van der Waals surface area contributed by atoms with Crippen molar-refractivity contribution in [3.63, 3.8) is 0 Å². The molecule has 0 spiro atoms. The van der Waals surface area contributed by atoms with Crippen LogP contribution in [0.3, 0.4) is 0 Å². The average Bonchev–Trinajstić information content (AvgIpc) is 2.86. The van der Waals surface area contributed by atoms with E-state index in [0.717, 1.165) is 13.1 Å². The highest BCUT2D eigenvalue weighted by Crippen LogP contribution is 2.26. The number of likely N-dealkylation sites (N-methyl/N-ethyl adjacent to an activating group) is 1. The van der Waals surface area contributed by atoms with Crippen LogP contribution in [0.25, 0.3) is 0 Å². The topological polar surface area (TPSA) is 41.6 Å². The largest absolute Gasteiger partial charge is 0.444 e. The number of carbonyl (C=O) groups excluding carboxylic acids is 1. The summed E-state index contributed by atoms with van der Waals surface area (Å²) in [7, 11) is 1.82. The summed E-state index contributed by atoms with van der Waals surface area (Å²) in [6.07, 6.45) is -0.257. The van der Waals surface area contributed by atoms with Crippen molar-refractivity contribution >= 4 is 6.09 Å². The molecule has 1 aromatic rings. The molecule has 4 heteroatoms. The Labute approximate surface area is 121 Å². The van der Waals surface area contributed by atoms with Gasteiger partial charge in [-0.05, 0) is 26.3 Å². The highest BCUT2D eigenvalue weighted by atomic mass is 16.6. The van der Waals surface area contributed by atoms with Crippen molar-refractivity contribution in [1.82, 2.24) is 10.2 Å². The number of carbonyl (C=O) groups is 1. The SMILES string of the molecule is CN(C(=O)OC(C)(C)C)[C@H]1CNC[C@@H]1c1ccccc1. The third-order valence-corrected chi connectivity index (χ3v) is 3.59. The Morgan fingerprint density at radius 3 is 2.50 bits per heavy atom. The van der Waals surface area contributed by atoms with Gasteiger partial charge in [-0.15, -0.1) is 0 Å². The molecule has 2 rings (SSSR count). The first-order valence-electron chi connectivity index (χ1n) is 7.10. The predicted molar refractivity (Wildman–Crippen MR) is 79.8 cm³/mol. The predicted octanol–water partition coefficient (Wildman–Crippen LogP) is 2.61. The van der Waals surface area contributed by atoms with Gasteiger partial charge in [-0.3, -0.25) is 0 Å². The maximum Gasteiger partial charge on any atom is 0.410 e. The molecule has 0 bridgehead atoms. The Morgan fingerprint density at radius 2 is 1.90 bits per heavy atom. The molecule has 0 aliphatic carbocycles. The van der Waals surface area contributed by atoms with Crippen LogP contribution in [-0.4, -0.2) is 42.8 Å². The number of ether oxygens (including phenoxy) is 1. The standard InChI is InChI=1S/C16H24N2O2/c1-16(2,3)20-15(19)18(4)14-11-17-10-13(14)12-8-6-5-7-9-12/h5-9,13-14,17H,10-11H2,1-4H3/t13-,14+/m1/s1. The van der Waals surface area contributed by atoms with Crippen molar-refractivity contribution in [3.05, 3.63) is 35.9 Å². The summed E-state index contributed by atoms with van der Waals surface area (Å²) in [6.45, 7) is 7.36. The van der Waals surface area contributed by atoms with Crippen molar-refractivity contribution in [2.75, 3.05) is 20.1 Å². The van der Waals surface area contributed by atoms with Crippen molar-refractivity contribution in [1.29, 1.82) is 0 Å². The maximum atomic E-state index is 12.2. The molecule has 1 aliphatic heterocycles. The molecular weight excluding hydrogens is 252 g/mol. The van der Waals surface area contributed by atoms with Gasteiger partial charge in [-0.2, -0.15) is 0 Å². The number of amides is 1. The van der Waals surface area contributed by atoms with E-state index >= 15 is 0 Å². The van der Waals surface area contributed by atoms with Gasteiger partial charge in [-0.25, -0.2) is 4.79 Å². The van der Waals surface area contributed by atoms with Gasteiger partial charge >= 0.3 is 6.09 Å². The fourth-order valence-electron chi connectivity index (χ4n) is 2.58. The van der Waals surface area contributed by atoms with Gasteiger partial charge in [0.05, 0.1) is 6.04 Å². The summed E-state index contributed by atoms with van der Waals surface area (Å²) in [5, 5.41) is 3.37. The van der Waals surface area contributed by atoms with Gasteiger partial charge in [0, 0.05) is 26.1 Å². The van der Waals surface area contributed by atoms with Crippen molar-refractivity contribution < 1.29 is 9.53 Å². The van der Waals surface area contributed by atoms with Crippen LogP contribution in [0.1, 0.15) is 32.3 Å². The lowest BCUT2D eigenvalue weighted by atomic mass is 9.94. The highest BCUT2D eigenvalue weighted by Gasteiger charge is 2.35. The van der Waals surface area contributed by atoms with Gasteiger partial charge in [0.2, 0.25) is 0 Å². The van der Waals surface area contributed by atoms with Gasteiger partial charge in [0.1, 0.15) is 5.60 Å². The maximum absolute atomic E-state index is 12.2. The first-order chi connectivity index (χ1) is 9.38. The smallest absolute Gasteiger partial charge is 0.410 e. The van der Waals surface area contributed by atoms with E-state index in [4.69, 9.17) is 4.74 Å². The molecule has 1 aliphatic rings. The van der Waals surface area contributed by atoms with Crippen molar-refractivity contribution in [2.45, 2.75) is 38.3 Å². The summed E-state index contributed by atoms with van der Waals surface area (Å²) >= 11 is 0. The molecule has 4 nitrogen and oxygen atoms in total. The Hall–Kier alpha value is -1.55. The van der Waals surface area contributed by atoms with Gasteiger partial charge in [0.15, 0.2) is 0 Å². The zero-order valence-electron chi connectivity index (χ0n) is 12.7. The van der Waals surface area contributed by atoms with E-state index in [-0.39, 0.29) is 12.1 Å². The Balaban J connectivity index is 2.09. The first-order valence-corrected chi connectivity index (χ1v) is 7.10. The van der Waals surface area contributed by atoms with E-state index in [1.807, 2.05) is 46.0 Å². The second kappa shape index (κ2) is 5.83. The molecule has 1 saturated heterocycles. The molecule has 110 valence electrons. The Morgan fingerprint density at radius 1 is 1.25 bits per heavy atom. The summed E-state index contributed by atoms with van der Waals surface area (Å²) in [5.74, 6) is 0.314. The summed E-state index contributed by atoms with van der Waals surface area (Å²) < 4.78 is 5.46. The summed E-state index contributed by atoms with van der Waals surface area (Å²) in [6, 6.07) is 10.5. The lowest BCUT2D eigenvalue weighted by molar-refractivity contribution is 0.0224. The quantitative estimate of drug-likeness (QED) is 0.903. The van der Waals surface area contributed by atoms with Crippen LogP contribution < -0.4 is 5.32 Å². The summed E-state index contributed by atoms with van der Waals surface area (Å²) in [5.41, 5.74) is 0.803. The zero-order valence-corrected chi connectivity index (χ0v) is 12.7. The van der Waals surface area contributed by atoms with E-state index in [0.29, 0.717) is 5.92 Å². The number of hydrogen-bond acceptors (Lipinski definition) is 3. The van der Waals surface area contributed by atoms with Gasteiger partial charge in [-0.1, -0.05) is 30.3 Å². The molecule has 1 fully saturated rings. The summed E-state index contributed by atoms with van der Waals surface area (Å²) in [4.78, 5) is 13.9. The van der Waals surface area contributed by atoms with Crippen LogP contribution >= 0.6 is 0 Å². The first kappa shape index (κ1) is 14.9. The fraction of sp³-hybridized carbons (Fsp3) is 0.562. The molecule has 1 amide bonds. The van der Waals surface area contributed by atoms with Crippen LogP contribution in [0, 0.1) is 0 Å². The molecule has 2 atom stereocenters. The van der Waals surface area contributed by atoms with E-state index < -0.39 is 5.60 Å². The molecule has 20 heavy (non-hydrogen) atoms. The second-order valence-corrected chi connectivity index (χ2v) is 6.33. The van der Waals surface area contributed by atoms with E-state index in [9.17, 15) is 4.79 Å². The van der Waals surface area contributed by atoms with Crippen LogP contribution in [0.5, 0.6) is 0 Å². The third kappa shape index (κ3) is 3.51. The molecule has 1 aromatic carbocycles. The van der Waals surface area contributed by atoms with Crippen molar-refractivity contribution in [2.24, 2.45) is 0 Å². The minimum atomic E-state index is -0.459. The third-order valence-electron chi connectivity index (χ3n) is 3.59. The molecule has 1 N–H and O–H groups in total. The lowest BCUT2D eigenvalue weighted by Crippen LogP contribution is -2.43. The minimum absolute atomic E-state index is 0.132. The van der Waals surface area contributed by atoms with E-state index in [2.05, 4.69) is 17.4 Å². The molecule has 0 radical (unpaired) electrons. The van der Waals surface area contributed by atoms with Gasteiger partial charge in [0.25, 0.3) is 0 Å². The number of benzene rings is 1. The fourth-order valence-corrected chi connectivity index (χ4v) is 2.58. The number of rotatable bonds is 2. The molecule has 1 heterocycles. The number of nitrogens with zero attached hydrogens (tertiary/aromatic N) is 1. The normalized spacial score (nSPS) is 22.6. The van der Waals surface area contributed by atoms with E-state index in [1.165, 1.54) is 5.56 Å². The van der Waals surface area contributed by atoms with Crippen LogP contribution in [0.15, 0.2) is 30.3 Å². The van der Waals surface area contributed by atoms with Crippen LogP contribution in [0.2, 0.25) is 0 Å².